The van der Waals surface area contributed by atoms with Gasteiger partial charge in [0.05, 0.1) is 13.2 Å². The zero-order valence-corrected chi connectivity index (χ0v) is 17.4. The molecule has 2 aromatic rings. The zero-order valence-electron chi connectivity index (χ0n) is 17.4. The number of amides is 1. The van der Waals surface area contributed by atoms with Gasteiger partial charge in [0.25, 0.3) is 5.91 Å². The van der Waals surface area contributed by atoms with Gasteiger partial charge in [0.1, 0.15) is 6.07 Å². The monoisotopic (exact) mass is 406 g/mol. The van der Waals surface area contributed by atoms with Crippen LogP contribution < -0.4 is 10.2 Å². The van der Waals surface area contributed by atoms with Crippen molar-refractivity contribution in [2.45, 2.75) is 19.4 Å². The molecule has 1 aromatic heterocycles. The second-order valence-corrected chi connectivity index (χ2v) is 7.79. The van der Waals surface area contributed by atoms with Gasteiger partial charge in [-0.05, 0) is 56.3 Å². The Morgan fingerprint density at radius 3 is 2.83 bits per heavy atom. The average molecular weight is 406 g/mol. The van der Waals surface area contributed by atoms with Gasteiger partial charge in [-0.1, -0.05) is 6.08 Å². The Balaban J connectivity index is 1.63. The van der Waals surface area contributed by atoms with Gasteiger partial charge >= 0.3 is 0 Å². The first kappa shape index (κ1) is 20.2. The van der Waals surface area contributed by atoms with Crippen LogP contribution in [0.3, 0.4) is 0 Å². The number of benzene rings is 1. The number of nitriles is 1. The van der Waals surface area contributed by atoms with E-state index >= 15 is 0 Å². The SMILES string of the molecule is CC1CN(c2ccc(NC(=O)c3ccc(C#N)o3)c(C3=CCOCC3)c2)CCN1C. The average Bonchev–Trinajstić information content (AvgIpc) is 3.26. The predicted molar refractivity (Wildman–Crippen MR) is 116 cm³/mol. The summed E-state index contributed by atoms with van der Waals surface area (Å²) < 4.78 is 10.7. The van der Waals surface area contributed by atoms with Crippen molar-refractivity contribution >= 4 is 22.9 Å². The maximum absolute atomic E-state index is 12.7. The maximum atomic E-state index is 12.7. The lowest BCUT2D eigenvalue weighted by Crippen LogP contribution is -2.50. The maximum Gasteiger partial charge on any atom is 0.291 e. The molecule has 0 saturated carbocycles. The highest BCUT2D eigenvalue weighted by molar-refractivity contribution is 6.04. The minimum absolute atomic E-state index is 0.118. The Hall–Kier alpha value is -3.08. The van der Waals surface area contributed by atoms with Crippen molar-refractivity contribution in [3.05, 3.63) is 53.5 Å². The van der Waals surface area contributed by atoms with Crippen LogP contribution in [0.1, 0.15) is 35.2 Å². The molecule has 0 bridgehead atoms. The molecule has 2 aliphatic heterocycles. The molecule has 2 aliphatic rings. The first-order valence-corrected chi connectivity index (χ1v) is 10.2. The van der Waals surface area contributed by atoms with Gasteiger partial charge in [-0.3, -0.25) is 4.79 Å². The molecule has 1 aromatic carbocycles. The summed E-state index contributed by atoms with van der Waals surface area (Å²) in [7, 11) is 2.16. The fourth-order valence-corrected chi connectivity index (χ4v) is 3.86. The summed E-state index contributed by atoms with van der Waals surface area (Å²) in [5, 5.41) is 11.9. The van der Waals surface area contributed by atoms with Gasteiger partial charge in [-0.2, -0.15) is 5.26 Å². The molecular weight excluding hydrogens is 380 g/mol. The summed E-state index contributed by atoms with van der Waals surface area (Å²) in [4.78, 5) is 17.4. The van der Waals surface area contributed by atoms with Crippen molar-refractivity contribution in [1.29, 1.82) is 5.26 Å². The largest absolute Gasteiger partial charge is 0.440 e. The number of hydrogen-bond donors (Lipinski definition) is 1. The standard InChI is InChI=1S/C23H26N4O3/c1-16-15-27(10-9-26(16)2)18-3-5-21(20(13-18)17-7-11-29-12-8-17)25-23(28)22-6-4-19(14-24)30-22/h3-7,13,16H,8-12,15H2,1-2H3,(H,25,28). The number of furan rings is 1. The summed E-state index contributed by atoms with van der Waals surface area (Å²) in [6, 6.07) is 11.6. The number of ether oxygens (including phenoxy) is 1. The lowest BCUT2D eigenvalue weighted by atomic mass is 9.98. The zero-order chi connectivity index (χ0) is 21.1. The van der Waals surface area contributed by atoms with E-state index in [4.69, 9.17) is 14.4 Å². The molecule has 7 nitrogen and oxygen atoms in total. The fourth-order valence-electron chi connectivity index (χ4n) is 3.86. The number of carbonyl (C=O) groups is 1. The number of piperazine rings is 1. The van der Waals surface area contributed by atoms with E-state index < -0.39 is 0 Å². The van der Waals surface area contributed by atoms with E-state index in [0.717, 1.165) is 48.6 Å². The number of nitrogens with one attached hydrogen (secondary N) is 1. The van der Waals surface area contributed by atoms with Crippen LogP contribution in [0.2, 0.25) is 0 Å². The summed E-state index contributed by atoms with van der Waals surface area (Å²) in [6.07, 6.45) is 2.87. The molecule has 4 rings (SSSR count). The molecule has 7 heteroatoms. The first-order chi connectivity index (χ1) is 14.5. The highest BCUT2D eigenvalue weighted by Gasteiger charge is 2.23. The molecule has 1 amide bonds. The molecule has 1 atom stereocenters. The Morgan fingerprint density at radius 1 is 1.27 bits per heavy atom. The molecule has 30 heavy (non-hydrogen) atoms. The van der Waals surface area contributed by atoms with Crippen LogP contribution in [-0.2, 0) is 4.74 Å². The molecule has 1 N–H and O–H groups in total. The number of likely N-dealkylation sites (N-methyl/N-ethyl adjacent to an activating group) is 1. The van der Waals surface area contributed by atoms with E-state index in [1.165, 1.54) is 12.1 Å². The van der Waals surface area contributed by atoms with E-state index in [9.17, 15) is 4.79 Å². The topological polar surface area (TPSA) is 81.7 Å². The molecule has 0 radical (unpaired) electrons. The number of nitrogens with zero attached hydrogens (tertiary/aromatic N) is 3. The van der Waals surface area contributed by atoms with Gasteiger partial charge < -0.3 is 24.3 Å². The van der Waals surface area contributed by atoms with Crippen molar-refractivity contribution in [2.24, 2.45) is 0 Å². The van der Waals surface area contributed by atoms with Crippen LogP contribution in [-0.4, -0.2) is 56.7 Å². The van der Waals surface area contributed by atoms with Gasteiger partial charge in [0.2, 0.25) is 5.76 Å². The van der Waals surface area contributed by atoms with Crippen LogP contribution in [0.25, 0.3) is 5.57 Å². The third-order valence-electron chi connectivity index (χ3n) is 5.83. The van der Waals surface area contributed by atoms with Gasteiger partial charge in [0, 0.05) is 42.6 Å². The van der Waals surface area contributed by atoms with E-state index in [0.29, 0.717) is 19.3 Å². The minimum Gasteiger partial charge on any atom is -0.440 e. The van der Waals surface area contributed by atoms with Crippen molar-refractivity contribution in [3.63, 3.8) is 0 Å². The van der Waals surface area contributed by atoms with Gasteiger partial charge in [0.15, 0.2) is 5.76 Å². The summed E-state index contributed by atoms with van der Waals surface area (Å²) in [6.45, 7) is 6.43. The van der Waals surface area contributed by atoms with Crippen LogP contribution in [0, 0.1) is 11.3 Å². The number of anilines is 2. The lowest BCUT2D eigenvalue weighted by Gasteiger charge is -2.39. The van der Waals surface area contributed by atoms with Crippen LogP contribution in [0.4, 0.5) is 11.4 Å². The fraction of sp³-hybridized carbons (Fsp3) is 0.391. The number of carbonyl (C=O) groups excluding carboxylic acids is 1. The second-order valence-electron chi connectivity index (χ2n) is 7.79. The molecule has 1 unspecified atom stereocenters. The molecule has 3 heterocycles. The normalized spacial score (nSPS) is 19.8. The minimum atomic E-state index is -0.369. The summed E-state index contributed by atoms with van der Waals surface area (Å²) >= 11 is 0. The van der Waals surface area contributed by atoms with Crippen LogP contribution >= 0.6 is 0 Å². The summed E-state index contributed by atoms with van der Waals surface area (Å²) in [5.74, 6) is -0.131. The van der Waals surface area contributed by atoms with E-state index in [2.05, 4.69) is 47.3 Å². The molecule has 156 valence electrons. The Labute approximate surface area is 176 Å². The molecule has 0 aliphatic carbocycles. The van der Waals surface area contributed by atoms with Crippen molar-refractivity contribution < 1.29 is 13.9 Å². The van der Waals surface area contributed by atoms with Crippen molar-refractivity contribution in [3.8, 4) is 6.07 Å². The summed E-state index contributed by atoms with van der Waals surface area (Å²) in [5.41, 5.74) is 4.05. The Morgan fingerprint density at radius 2 is 2.13 bits per heavy atom. The van der Waals surface area contributed by atoms with Crippen molar-refractivity contribution in [2.75, 3.05) is 50.1 Å². The van der Waals surface area contributed by atoms with Crippen molar-refractivity contribution in [1.82, 2.24) is 4.90 Å². The molecule has 1 saturated heterocycles. The van der Waals surface area contributed by atoms with Gasteiger partial charge in [-0.25, -0.2) is 0 Å². The predicted octanol–water partition coefficient (Wildman–Crippen LogP) is 3.35. The lowest BCUT2D eigenvalue weighted by molar-refractivity contribution is 0.0996. The van der Waals surface area contributed by atoms with Crippen LogP contribution in [0.5, 0.6) is 0 Å². The highest BCUT2D eigenvalue weighted by atomic mass is 16.5. The molecular formula is C23H26N4O3. The molecule has 1 fully saturated rings. The van der Waals surface area contributed by atoms with Crippen LogP contribution in [0.15, 0.2) is 40.8 Å². The smallest absolute Gasteiger partial charge is 0.291 e. The number of rotatable bonds is 4. The van der Waals surface area contributed by atoms with E-state index in [1.54, 1.807) is 0 Å². The van der Waals surface area contributed by atoms with Gasteiger partial charge in [-0.15, -0.1) is 0 Å². The Bertz CT molecular complexity index is 1000. The third-order valence-corrected chi connectivity index (χ3v) is 5.83. The van der Waals surface area contributed by atoms with E-state index in [1.807, 2.05) is 12.1 Å². The highest BCUT2D eigenvalue weighted by Crippen LogP contribution is 2.33. The first-order valence-electron chi connectivity index (χ1n) is 10.2. The third kappa shape index (κ3) is 4.25. The Kier molecular flexibility index (Phi) is 5.88. The quantitative estimate of drug-likeness (QED) is 0.839. The van der Waals surface area contributed by atoms with E-state index in [-0.39, 0.29) is 17.4 Å². The number of hydrogen-bond acceptors (Lipinski definition) is 6. The molecule has 0 spiro atoms. The second kappa shape index (κ2) is 8.74.